The molecule has 0 unspecified atom stereocenters. The van der Waals surface area contributed by atoms with Crippen LogP contribution in [0.3, 0.4) is 0 Å². The minimum absolute atomic E-state index is 0.109. The monoisotopic (exact) mass is 306 g/mol. The Bertz CT molecular complexity index is 500. The first kappa shape index (κ1) is 18.0. The van der Waals surface area contributed by atoms with Gasteiger partial charge < -0.3 is 9.64 Å². The number of anilines is 1. The standard InChI is InChI=1S/C17H26N2O3/c1-6-19(7-2)15(20)12-13-8-10-14(11-9-13)18-16(21)22-17(3,4)5/h8-11H,6-7,12H2,1-5H3,(H,18,21). The number of carbonyl (C=O) groups excluding carboxylic acids is 2. The predicted molar refractivity (Wildman–Crippen MR) is 87.9 cm³/mol. The van der Waals surface area contributed by atoms with Gasteiger partial charge in [-0.3, -0.25) is 10.1 Å². The molecule has 1 N–H and O–H groups in total. The Morgan fingerprint density at radius 2 is 1.64 bits per heavy atom. The molecule has 22 heavy (non-hydrogen) atoms. The Balaban J connectivity index is 2.60. The van der Waals surface area contributed by atoms with E-state index in [1.165, 1.54) is 0 Å². The molecule has 0 aliphatic carbocycles. The van der Waals surface area contributed by atoms with Crippen molar-refractivity contribution >= 4 is 17.7 Å². The van der Waals surface area contributed by atoms with Gasteiger partial charge >= 0.3 is 6.09 Å². The summed E-state index contributed by atoms with van der Waals surface area (Å²) in [6.07, 6.45) is -0.117. The highest BCUT2D eigenvalue weighted by Crippen LogP contribution is 2.13. The highest BCUT2D eigenvalue weighted by molar-refractivity contribution is 5.85. The van der Waals surface area contributed by atoms with Gasteiger partial charge in [0, 0.05) is 18.8 Å². The van der Waals surface area contributed by atoms with E-state index in [2.05, 4.69) is 5.32 Å². The average molecular weight is 306 g/mol. The molecule has 0 radical (unpaired) electrons. The van der Waals surface area contributed by atoms with Crippen LogP contribution in [0.1, 0.15) is 40.2 Å². The maximum Gasteiger partial charge on any atom is 0.412 e. The van der Waals surface area contributed by atoms with Crippen LogP contribution < -0.4 is 5.32 Å². The molecular formula is C17H26N2O3. The van der Waals surface area contributed by atoms with E-state index in [4.69, 9.17) is 4.74 Å². The lowest BCUT2D eigenvalue weighted by molar-refractivity contribution is -0.130. The van der Waals surface area contributed by atoms with Crippen LogP contribution in [-0.4, -0.2) is 35.6 Å². The molecule has 5 nitrogen and oxygen atoms in total. The summed E-state index contributed by atoms with van der Waals surface area (Å²) in [5.41, 5.74) is 1.04. The first-order valence-corrected chi connectivity index (χ1v) is 7.62. The number of ether oxygens (including phenoxy) is 1. The van der Waals surface area contributed by atoms with Crippen molar-refractivity contribution in [3.05, 3.63) is 29.8 Å². The van der Waals surface area contributed by atoms with Crippen molar-refractivity contribution in [2.75, 3.05) is 18.4 Å². The Hall–Kier alpha value is -2.04. The van der Waals surface area contributed by atoms with E-state index in [1.54, 1.807) is 17.0 Å². The molecule has 2 amide bonds. The van der Waals surface area contributed by atoms with Crippen molar-refractivity contribution in [3.63, 3.8) is 0 Å². The van der Waals surface area contributed by atoms with Gasteiger partial charge in [0.1, 0.15) is 5.60 Å². The van der Waals surface area contributed by atoms with Crippen molar-refractivity contribution in [3.8, 4) is 0 Å². The Morgan fingerprint density at radius 1 is 1.09 bits per heavy atom. The summed E-state index contributed by atoms with van der Waals surface area (Å²) < 4.78 is 5.19. The molecule has 122 valence electrons. The largest absolute Gasteiger partial charge is 0.444 e. The predicted octanol–water partition coefficient (Wildman–Crippen LogP) is 3.44. The van der Waals surface area contributed by atoms with Gasteiger partial charge in [0.15, 0.2) is 0 Å². The summed E-state index contributed by atoms with van der Waals surface area (Å²) in [4.78, 5) is 25.5. The lowest BCUT2D eigenvalue weighted by Gasteiger charge is -2.20. The SMILES string of the molecule is CCN(CC)C(=O)Cc1ccc(NC(=O)OC(C)(C)C)cc1. The van der Waals surface area contributed by atoms with E-state index in [0.717, 1.165) is 5.56 Å². The van der Waals surface area contributed by atoms with Crippen molar-refractivity contribution in [2.45, 2.75) is 46.6 Å². The molecule has 0 aliphatic rings. The average Bonchev–Trinajstić information content (AvgIpc) is 2.40. The first-order valence-electron chi connectivity index (χ1n) is 7.62. The second kappa shape index (κ2) is 7.82. The molecule has 0 aliphatic heterocycles. The number of rotatable bonds is 5. The molecule has 1 aromatic rings. The zero-order valence-corrected chi connectivity index (χ0v) is 14.1. The Morgan fingerprint density at radius 3 is 2.09 bits per heavy atom. The molecular weight excluding hydrogens is 280 g/mol. The summed E-state index contributed by atoms with van der Waals surface area (Å²) in [7, 11) is 0. The molecule has 0 heterocycles. The van der Waals surface area contributed by atoms with Crippen molar-refractivity contribution in [1.29, 1.82) is 0 Å². The van der Waals surface area contributed by atoms with Gasteiger partial charge in [0.25, 0.3) is 0 Å². The molecule has 0 fully saturated rings. The van der Waals surface area contributed by atoms with Crippen LogP contribution in [0.25, 0.3) is 0 Å². The number of benzene rings is 1. The van der Waals surface area contributed by atoms with Gasteiger partial charge in [-0.05, 0) is 52.3 Å². The molecule has 0 saturated carbocycles. The number of amides is 2. The highest BCUT2D eigenvalue weighted by atomic mass is 16.6. The quantitative estimate of drug-likeness (QED) is 0.906. The molecule has 0 spiro atoms. The van der Waals surface area contributed by atoms with Gasteiger partial charge in [0.05, 0.1) is 6.42 Å². The summed E-state index contributed by atoms with van der Waals surface area (Å²) in [5, 5.41) is 2.67. The fourth-order valence-corrected chi connectivity index (χ4v) is 1.99. The number of carbonyl (C=O) groups is 2. The number of nitrogens with one attached hydrogen (secondary N) is 1. The topological polar surface area (TPSA) is 58.6 Å². The van der Waals surface area contributed by atoms with Gasteiger partial charge in [-0.25, -0.2) is 4.79 Å². The summed E-state index contributed by atoms with van der Waals surface area (Å²) in [5.74, 6) is 0.109. The second-order valence-electron chi connectivity index (χ2n) is 6.07. The molecule has 0 saturated heterocycles. The molecule has 0 bridgehead atoms. The number of nitrogens with zero attached hydrogens (tertiary/aromatic N) is 1. The van der Waals surface area contributed by atoms with Crippen LogP contribution in [-0.2, 0) is 16.0 Å². The zero-order valence-electron chi connectivity index (χ0n) is 14.1. The van der Waals surface area contributed by atoms with E-state index in [1.807, 2.05) is 46.8 Å². The second-order valence-corrected chi connectivity index (χ2v) is 6.07. The number of hydrogen-bond acceptors (Lipinski definition) is 3. The molecule has 1 aromatic carbocycles. The van der Waals surface area contributed by atoms with Crippen LogP contribution in [0.15, 0.2) is 24.3 Å². The lowest BCUT2D eigenvalue weighted by atomic mass is 10.1. The third kappa shape index (κ3) is 6.16. The number of hydrogen-bond donors (Lipinski definition) is 1. The van der Waals surface area contributed by atoms with Gasteiger partial charge in [0.2, 0.25) is 5.91 Å². The van der Waals surface area contributed by atoms with E-state index in [-0.39, 0.29) is 5.91 Å². The highest BCUT2D eigenvalue weighted by Gasteiger charge is 2.16. The molecule has 5 heteroatoms. The first-order chi connectivity index (χ1) is 10.2. The van der Waals surface area contributed by atoms with Crippen LogP contribution in [0.2, 0.25) is 0 Å². The fourth-order valence-electron chi connectivity index (χ4n) is 1.99. The molecule has 0 aromatic heterocycles. The fraction of sp³-hybridized carbons (Fsp3) is 0.529. The third-order valence-electron chi connectivity index (χ3n) is 3.07. The van der Waals surface area contributed by atoms with Crippen LogP contribution in [0.4, 0.5) is 10.5 Å². The van der Waals surface area contributed by atoms with Crippen molar-refractivity contribution in [2.24, 2.45) is 0 Å². The lowest BCUT2D eigenvalue weighted by Crippen LogP contribution is -2.31. The van der Waals surface area contributed by atoms with Crippen LogP contribution in [0.5, 0.6) is 0 Å². The normalized spacial score (nSPS) is 11.0. The van der Waals surface area contributed by atoms with E-state index >= 15 is 0 Å². The van der Waals surface area contributed by atoms with E-state index in [9.17, 15) is 9.59 Å². The Kier molecular flexibility index (Phi) is 6.40. The van der Waals surface area contributed by atoms with Crippen LogP contribution >= 0.6 is 0 Å². The smallest absolute Gasteiger partial charge is 0.412 e. The van der Waals surface area contributed by atoms with Gasteiger partial charge in [-0.15, -0.1) is 0 Å². The van der Waals surface area contributed by atoms with E-state index < -0.39 is 11.7 Å². The Labute approximate surface area is 132 Å². The zero-order chi connectivity index (χ0) is 16.8. The summed E-state index contributed by atoms with van der Waals surface area (Å²) >= 11 is 0. The molecule has 0 atom stereocenters. The van der Waals surface area contributed by atoms with Crippen LogP contribution in [0, 0.1) is 0 Å². The minimum atomic E-state index is -0.528. The van der Waals surface area contributed by atoms with Gasteiger partial charge in [-0.2, -0.15) is 0 Å². The van der Waals surface area contributed by atoms with Crippen molar-refractivity contribution < 1.29 is 14.3 Å². The minimum Gasteiger partial charge on any atom is -0.444 e. The number of likely N-dealkylation sites (N-methyl/N-ethyl adjacent to an activating group) is 1. The maximum absolute atomic E-state index is 12.0. The van der Waals surface area contributed by atoms with Gasteiger partial charge in [-0.1, -0.05) is 12.1 Å². The molecule has 1 rings (SSSR count). The summed E-state index contributed by atoms with van der Waals surface area (Å²) in [6, 6.07) is 7.23. The van der Waals surface area contributed by atoms with E-state index in [0.29, 0.717) is 25.2 Å². The summed E-state index contributed by atoms with van der Waals surface area (Å²) in [6.45, 7) is 10.8. The third-order valence-corrected chi connectivity index (χ3v) is 3.07. The maximum atomic E-state index is 12.0. The van der Waals surface area contributed by atoms with Crippen molar-refractivity contribution in [1.82, 2.24) is 4.90 Å².